The van der Waals surface area contributed by atoms with E-state index in [2.05, 4.69) is 54.5 Å². The van der Waals surface area contributed by atoms with Crippen LogP contribution in [0.25, 0.3) is 0 Å². The standard InChI is InChI=1S/C18H23N3.HI/c1-3-14-8-7-11-17(12-14)21-18(19)20-13-16-10-6-5-9-15(16)4-2;/h5-12H,3-4,13H2,1-2H3,(H3,19,20,21);1H. The maximum atomic E-state index is 5.98. The van der Waals surface area contributed by atoms with E-state index in [-0.39, 0.29) is 24.0 Å². The number of hydrogen-bond donors (Lipinski definition) is 2. The zero-order valence-electron chi connectivity index (χ0n) is 13.2. The lowest BCUT2D eigenvalue weighted by Gasteiger charge is -2.08. The summed E-state index contributed by atoms with van der Waals surface area (Å²) in [6.45, 7) is 4.90. The third-order valence-electron chi connectivity index (χ3n) is 3.53. The van der Waals surface area contributed by atoms with Gasteiger partial charge in [0.2, 0.25) is 0 Å². The van der Waals surface area contributed by atoms with Crippen molar-refractivity contribution in [3.05, 3.63) is 65.2 Å². The highest BCUT2D eigenvalue weighted by Gasteiger charge is 2.00. The molecular formula is C18H24IN3. The van der Waals surface area contributed by atoms with Crippen molar-refractivity contribution >= 4 is 35.6 Å². The van der Waals surface area contributed by atoms with E-state index in [0.717, 1.165) is 18.5 Å². The quantitative estimate of drug-likeness (QED) is 0.438. The van der Waals surface area contributed by atoms with E-state index in [1.54, 1.807) is 0 Å². The molecular weight excluding hydrogens is 385 g/mol. The summed E-state index contributed by atoms with van der Waals surface area (Å²) < 4.78 is 0. The number of anilines is 1. The number of aryl methyl sites for hydroxylation is 2. The molecule has 2 aromatic carbocycles. The van der Waals surface area contributed by atoms with Crippen molar-refractivity contribution in [2.75, 3.05) is 5.32 Å². The minimum atomic E-state index is 0. The lowest BCUT2D eigenvalue weighted by atomic mass is 10.1. The molecule has 0 spiro atoms. The Bertz CT molecular complexity index is 623. The average molecular weight is 409 g/mol. The number of benzene rings is 2. The third kappa shape index (κ3) is 5.33. The van der Waals surface area contributed by atoms with Crippen LogP contribution in [0, 0.1) is 0 Å². The summed E-state index contributed by atoms with van der Waals surface area (Å²) in [7, 11) is 0. The van der Waals surface area contributed by atoms with Crippen LogP contribution < -0.4 is 11.1 Å². The van der Waals surface area contributed by atoms with Crippen LogP contribution in [0.15, 0.2) is 53.5 Å². The number of hydrogen-bond acceptors (Lipinski definition) is 1. The van der Waals surface area contributed by atoms with Gasteiger partial charge in [-0.2, -0.15) is 0 Å². The molecule has 0 bridgehead atoms. The van der Waals surface area contributed by atoms with Gasteiger partial charge in [0.1, 0.15) is 0 Å². The number of aliphatic imine (C=N–C) groups is 1. The number of halogens is 1. The molecule has 0 heterocycles. The van der Waals surface area contributed by atoms with Gasteiger partial charge in [-0.05, 0) is 41.7 Å². The van der Waals surface area contributed by atoms with Crippen LogP contribution in [0.4, 0.5) is 5.69 Å². The highest BCUT2D eigenvalue weighted by atomic mass is 127. The number of guanidine groups is 1. The maximum absolute atomic E-state index is 5.98. The highest BCUT2D eigenvalue weighted by Crippen LogP contribution is 2.12. The van der Waals surface area contributed by atoms with Crippen LogP contribution in [-0.4, -0.2) is 5.96 Å². The Labute approximate surface area is 150 Å². The zero-order valence-corrected chi connectivity index (χ0v) is 15.5. The van der Waals surface area contributed by atoms with Crippen molar-refractivity contribution in [2.24, 2.45) is 10.7 Å². The normalized spacial score (nSPS) is 10.9. The minimum Gasteiger partial charge on any atom is -0.370 e. The molecule has 0 fully saturated rings. The van der Waals surface area contributed by atoms with Crippen molar-refractivity contribution in [2.45, 2.75) is 33.2 Å². The number of rotatable bonds is 5. The molecule has 22 heavy (non-hydrogen) atoms. The van der Waals surface area contributed by atoms with Crippen molar-refractivity contribution < 1.29 is 0 Å². The first-order chi connectivity index (χ1) is 10.2. The van der Waals surface area contributed by atoms with Gasteiger partial charge >= 0.3 is 0 Å². The van der Waals surface area contributed by atoms with E-state index in [9.17, 15) is 0 Å². The molecule has 0 amide bonds. The SMILES string of the molecule is CCc1cccc(NC(N)=NCc2ccccc2CC)c1.I. The number of nitrogens with one attached hydrogen (secondary N) is 1. The molecule has 0 saturated heterocycles. The van der Waals surface area contributed by atoms with Crippen LogP contribution in [-0.2, 0) is 19.4 Å². The Morgan fingerprint density at radius 2 is 1.73 bits per heavy atom. The Kier molecular flexibility index (Phi) is 7.95. The summed E-state index contributed by atoms with van der Waals surface area (Å²) in [5, 5.41) is 3.15. The van der Waals surface area contributed by atoms with E-state index < -0.39 is 0 Å². The van der Waals surface area contributed by atoms with Crippen LogP contribution >= 0.6 is 24.0 Å². The first-order valence-electron chi connectivity index (χ1n) is 7.45. The molecule has 2 rings (SSSR count). The summed E-state index contributed by atoms with van der Waals surface area (Å²) >= 11 is 0. The van der Waals surface area contributed by atoms with Gasteiger partial charge in [-0.3, -0.25) is 0 Å². The fraction of sp³-hybridized carbons (Fsp3) is 0.278. The van der Waals surface area contributed by atoms with Gasteiger partial charge in [0.15, 0.2) is 5.96 Å². The van der Waals surface area contributed by atoms with E-state index >= 15 is 0 Å². The van der Waals surface area contributed by atoms with Gasteiger partial charge in [-0.1, -0.05) is 50.2 Å². The predicted molar refractivity (Wildman–Crippen MR) is 106 cm³/mol. The molecule has 3 N–H and O–H groups in total. The second-order valence-electron chi connectivity index (χ2n) is 5.00. The Morgan fingerprint density at radius 1 is 1.00 bits per heavy atom. The minimum absolute atomic E-state index is 0. The first-order valence-corrected chi connectivity index (χ1v) is 7.45. The van der Waals surface area contributed by atoms with E-state index in [1.165, 1.54) is 16.7 Å². The lowest BCUT2D eigenvalue weighted by Crippen LogP contribution is -2.22. The molecule has 0 aliphatic carbocycles. The van der Waals surface area contributed by atoms with E-state index in [4.69, 9.17) is 5.73 Å². The summed E-state index contributed by atoms with van der Waals surface area (Å²) in [5.74, 6) is 0.453. The molecule has 2 aromatic rings. The number of nitrogens with zero attached hydrogens (tertiary/aromatic N) is 1. The molecule has 0 unspecified atom stereocenters. The Balaban J connectivity index is 0.00000242. The summed E-state index contributed by atoms with van der Waals surface area (Å²) in [6, 6.07) is 16.6. The van der Waals surface area contributed by atoms with Crippen LogP contribution in [0.5, 0.6) is 0 Å². The second kappa shape index (κ2) is 9.46. The Morgan fingerprint density at radius 3 is 2.41 bits per heavy atom. The van der Waals surface area contributed by atoms with Crippen molar-refractivity contribution in [3.63, 3.8) is 0 Å². The molecule has 0 saturated carbocycles. The molecule has 0 radical (unpaired) electrons. The van der Waals surface area contributed by atoms with E-state index in [1.807, 2.05) is 18.2 Å². The summed E-state index contributed by atoms with van der Waals surface area (Å²) in [5.41, 5.74) is 10.8. The topological polar surface area (TPSA) is 50.4 Å². The molecule has 3 nitrogen and oxygen atoms in total. The van der Waals surface area contributed by atoms with Gasteiger partial charge < -0.3 is 11.1 Å². The monoisotopic (exact) mass is 409 g/mol. The van der Waals surface area contributed by atoms with Crippen LogP contribution in [0.1, 0.15) is 30.5 Å². The van der Waals surface area contributed by atoms with Gasteiger partial charge in [-0.15, -0.1) is 24.0 Å². The van der Waals surface area contributed by atoms with Gasteiger partial charge in [0.05, 0.1) is 6.54 Å². The van der Waals surface area contributed by atoms with Crippen LogP contribution in [0.3, 0.4) is 0 Å². The third-order valence-corrected chi connectivity index (χ3v) is 3.53. The molecule has 0 aromatic heterocycles. The largest absolute Gasteiger partial charge is 0.370 e. The predicted octanol–water partition coefficient (Wildman–Crippen LogP) is 4.36. The molecule has 4 heteroatoms. The molecule has 0 atom stereocenters. The smallest absolute Gasteiger partial charge is 0.193 e. The van der Waals surface area contributed by atoms with Gasteiger partial charge in [0, 0.05) is 5.69 Å². The fourth-order valence-corrected chi connectivity index (χ4v) is 2.28. The summed E-state index contributed by atoms with van der Waals surface area (Å²) in [4.78, 5) is 4.44. The molecule has 0 aliphatic rings. The molecule has 0 aliphatic heterocycles. The average Bonchev–Trinajstić information content (AvgIpc) is 2.53. The van der Waals surface area contributed by atoms with Crippen LogP contribution in [0.2, 0.25) is 0 Å². The number of nitrogens with two attached hydrogens (primary N) is 1. The molecule has 118 valence electrons. The zero-order chi connectivity index (χ0) is 15.1. The lowest BCUT2D eigenvalue weighted by molar-refractivity contribution is 0.998. The van der Waals surface area contributed by atoms with Crippen molar-refractivity contribution in [1.82, 2.24) is 0 Å². The first kappa shape index (κ1) is 18.5. The van der Waals surface area contributed by atoms with Gasteiger partial charge in [-0.25, -0.2) is 4.99 Å². The van der Waals surface area contributed by atoms with Crippen molar-refractivity contribution in [3.8, 4) is 0 Å². The Hall–Kier alpha value is -1.56. The van der Waals surface area contributed by atoms with Crippen molar-refractivity contribution in [1.29, 1.82) is 0 Å². The second-order valence-corrected chi connectivity index (χ2v) is 5.00. The highest BCUT2D eigenvalue weighted by molar-refractivity contribution is 14.0. The van der Waals surface area contributed by atoms with Gasteiger partial charge in [0.25, 0.3) is 0 Å². The fourth-order valence-electron chi connectivity index (χ4n) is 2.28. The van der Waals surface area contributed by atoms with E-state index in [0.29, 0.717) is 12.5 Å². The summed E-state index contributed by atoms with van der Waals surface area (Å²) in [6.07, 6.45) is 2.02. The maximum Gasteiger partial charge on any atom is 0.193 e.